The maximum Gasteiger partial charge on any atom is 0.284 e. The van der Waals surface area contributed by atoms with Gasteiger partial charge in [-0.05, 0) is 29.3 Å². The van der Waals surface area contributed by atoms with Crippen molar-refractivity contribution in [3.8, 4) is 11.1 Å². The molecule has 0 aliphatic heterocycles. The first-order chi connectivity index (χ1) is 12.8. The van der Waals surface area contributed by atoms with Crippen molar-refractivity contribution in [1.29, 1.82) is 0 Å². The third-order valence-corrected chi connectivity index (χ3v) is 3.78. The number of alkyl halides is 2. The molecule has 0 aliphatic carbocycles. The molecule has 2 aromatic carbocycles. The van der Waals surface area contributed by atoms with Crippen LogP contribution in [0.3, 0.4) is 0 Å². The lowest BCUT2D eigenvalue weighted by Gasteiger charge is -2.11. The number of hydrogen-bond acceptors (Lipinski definition) is 2. The first kappa shape index (κ1) is 18.6. The van der Waals surface area contributed by atoms with Gasteiger partial charge in [0.05, 0.1) is 5.69 Å². The van der Waals surface area contributed by atoms with E-state index in [2.05, 4.69) is 10.4 Å². The molecule has 0 fully saturated rings. The molecule has 0 bridgehead atoms. The van der Waals surface area contributed by atoms with Crippen LogP contribution in [0.4, 0.5) is 27.6 Å². The molecule has 0 unspecified atom stereocenters. The van der Waals surface area contributed by atoms with Gasteiger partial charge in [0.25, 0.3) is 12.3 Å². The smallest absolute Gasteiger partial charge is 0.284 e. The summed E-state index contributed by atoms with van der Waals surface area (Å²) in [5.41, 5.74) is -0.800. The van der Waals surface area contributed by atoms with E-state index in [1.54, 1.807) is 0 Å². The number of nitrogens with zero attached hydrogens (tertiary/aromatic N) is 2. The van der Waals surface area contributed by atoms with E-state index in [9.17, 15) is 26.7 Å². The fourth-order valence-corrected chi connectivity index (χ4v) is 2.60. The number of halogens is 5. The van der Waals surface area contributed by atoms with Crippen LogP contribution in [0.25, 0.3) is 11.1 Å². The number of nitrogens with one attached hydrogen (secondary N) is 1. The van der Waals surface area contributed by atoms with Crippen LogP contribution in [0.1, 0.15) is 22.5 Å². The summed E-state index contributed by atoms with van der Waals surface area (Å²) in [5, 5.41) is 5.90. The van der Waals surface area contributed by atoms with Crippen molar-refractivity contribution >= 4 is 11.6 Å². The van der Waals surface area contributed by atoms with Crippen LogP contribution in [-0.4, -0.2) is 15.7 Å². The lowest BCUT2D eigenvalue weighted by molar-refractivity contribution is 0.102. The fraction of sp³-hybridized carbons (Fsp3) is 0.111. The van der Waals surface area contributed by atoms with Gasteiger partial charge in [0.2, 0.25) is 0 Å². The molecule has 0 radical (unpaired) electrons. The number of aromatic nitrogens is 2. The quantitative estimate of drug-likeness (QED) is 0.526. The molecule has 0 saturated heterocycles. The van der Waals surface area contributed by atoms with E-state index in [0.717, 1.165) is 16.8 Å². The maximum atomic E-state index is 13.5. The predicted molar refractivity (Wildman–Crippen MR) is 87.9 cm³/mol. The number of amides is 1. The first-order valence-corrected chi connectivity index (χ1v) is 7.65. The van der Waals surface area contributed by atoms with Crippen LogP contribution in [-0.2, 0) is 7.05 Å². The molecule has 0 saturated carbocycles. The van der Waals surface area contributed by atoms with Crippen molar-refractivity contribution in [3.05, 3.63) is 71.3 Å². The second-order valence-electron chi connectivity index (χ2n) is 5.66. The summed E-state index contributed by atoms with van der Waals surface area (Å²) in [6.45, 7) is 0. The topological polar surface area (TPSA) is 46.9 Å². The second-order valence-corrected chi connectivity index (χ2v) is 5.66. The van der Waals surface area contributed by atoms with E-state index in [1.807, 2.05) is 0 Å². The van der Waals surface area contributed by atoms with Crippen molar-refractivity contribution in [3.63, 3.8) is 0 Å². The third-order valence-electron chi connectivity index (χ3n) is 3.78. The summed E-state index contributed by atoms with van der Waals surface area (Å²) in [5.74, 6) is -5.23. The molecular formula is C18H12F5N3O. The molecule has 1 amide bonds. The van der Waals surface area contributed by atoms with E-state index in [4.69, 9.17) is 0 Å². The normalized spacial score (nSPS) is 11.1. The Balaban J connectivity index is 2.01. The molecule has 3 aromatic rings. The van der Waals surface area contributed by atoms with Crippen molar-refractivity contribution in [2.24, 2.45) is 7.05 Å². The van der Waals surface area contributed by atoms with Gasteiger partial charge in [0.15, 0.2) is 23.1 Å². The number of carbonyl (C=O) groups excluding carboxylic acids is 1. The molecule has 4 nitrogen and oxygen atoms in total. The van der Waals surface area contributed by atoms with Crippen LogP contribution in [0.2, 0.25) is 0 Å². The average molecular weight is 381 g/mol. The van der Waals surface area contributed by atoms with Gasteiger partial charge in [-0.2, -0.15) is 5.10 Å². The highest BCUT2D eigenvalue weighted by atomic mass is 19.3. The second kappa shape index (κ2) is 7.18. The number of carbonyl (C=O) groups is 1. The molecule has 140 valence electrons. The molecule has 1 heterocycles. The Morgan fingerprint density at radius 3 is 2.37 bits per heavy atom. The van der Waals surface area contributed by atoms with Crippen LogP contribution < -0.4 is 5.32 Å². The highest BCUT2D eigenvalue weighted by Crippen LogP contribution is 2.29. The zero-order valence-electron chi connectivity index (χ0n) is 13.8. The predicted octanol–water partition coefficient (Wildman–Crippen LogP) is 4.69. The van der Waals surface area contributed by atoms with Crippen LogP contribution in [0, 0.1) is 17.5 Å². The van der Waals surface area contributed by atoms with Gasteiger partial charge in [-0.25, -0.2) is 22.0 Å². The van der Waals surface area contributed by atoms with Crippen LogP contribution in [0.15, 0.2) is 42.6 Å². The Kier molecular flexibility index (Phi) is 4.93. The first-order valence-electron chi connectivity index (χ1n) is 7.65. The third kappa shape index (κ3) is 3.67. The van der Waals surface area contributed by atoms with Gasteiger partial charge in [0.1, 0.15) is 0 Å². The fourth-order valence-electron chi connectivity index (χ4n) is 2.60. The number of rotatable bonds is 4. The molecule has 27 heavy (non-hydrogen) atoms. The van der Waals surface area contributed by atoms with E-state index >= 15 is 0 Å². The Hall–Kier alpha value is -3.23. The minimum Gasteiger partial charge on any atom is -0.319 e. The summed E-state index contributed by atoms with van der Waals surface area (Å²) in [6.07, 6.45) is -1.70. The van der Waals surface area contributed by atoms with Gasteiger partial charge in [-0.3, -0.25) is 9.48 Å². The number of hydrogen-bond donors (Lipinski definition) is 1. The summed E-state index contributed by atoms with van der Waals surface area (Å²) in [7, 11) is 1.42. The number of anilines is 1. The van der Waals surface area contributed by atoms with Crippen molar-refractivity contribution in [2.75, 3.05) is 5.32 Å². The van der Waals surface area contributed by atoms with E-state index in [0.29, 0.717) is 0 Å². The summed E-state index contributed by atoms with van der Waals surface area (Å²) in [4.78, 5) is 12.6. The zero-order chi connectivity index (χ0) is 19.7. The molecule has 0 aliphatic rings. The Morgan fingerprint density at radius 2 is 1.74 bits per heavy atom. The lowest BCUT2D eigenvalue weighted by atomic mass is 9.98. The Morgan fingerprint density at radius 1 is 1.11 bits per heavy atom. The molecule has 9 heteroatoms. The molecule has 1 aromatic heterocycles. The minimum atomic E-state index is -2.91. The zero-order valence-corrected chi connectivity index (χ0v) is 13.8. The maximum absolute atomic E-state index is 13.5. The molecular weight excluding hydrogens is 369 g/mol. The van der Waals surface area contributed by atoms with Crippen LogP contribution >= 0.6 is 0 Å². The van der Waals surface area contributed by atoms with Gasteiger partial charge >= 0.3 is 0 Å². The van der Waals surface area contributed by atoms with Crippen molar-refractivity contribution in [2.45, 2.75) is 6.43 Å². The summed E-state index contributed by atoms with van der Waals surface area (Å²) in [6, 6.07) is 7.25. The Bertz CT molecular complexity index is 993. The molecule has 0 atom stereocenters. The summed E-state index contributed by atoms with van der Waals surface area (Å²) >= 11 is 0. The molecule has 1 N–H and O–H groups in total. The van der Waals surface area contributed by atoms with Gasteiger partial charge < -0.3 is 5.32 Å². The van der Waals surface area contributed by atoms with Gasteiger partial charge in [-0.15, -0.1) is 0 Å². The summed E-state index contributed by atoms with van der Waals surface area (Å²) < 4.78 is 67.4. The highest BCUT2D eigenvalue weighted by molar-refractivity contribution is 6.08. The standard InChI is InChI=1S/C18H12F5N3O/c1-26-8-14(16(25-26)17(22)23)24-18(27)11-5-3-2-4-10(11)9-6-12(19)15(21)13(20)7-9/h2-8,17H,1H3,(H,24,27). The largest absolute Gasteiger partial charge is 0.319 e. The lowest BCUT2D eigenvalue weighted by Crippen LogP contribution is -2.14. The highest BCUT2D eigenvalue weighted by Gasteiger charge is 2.21. The van der Waals surface area contributed by atoms with E-state index < -0.39 is 35.5 Å². The van der Waals surface area contributed by atoms with Gasteiger partial charge in [-0.1, -0.05) is 18.2 Å². The number of aryl methyl sites for hydroxylation is 1. The van der Waals surface area contributed by atoms with Crippen molar-refractivity contribution in [1.82, 2.24) is 9.78 Å². The molecule has 3 rings (SSSR count). The average Bonchev–Trinajstić information content (AvgIpc) is 2.99. The number of benzene rings is 2. The van der Waals surface area contributed by atoms with Crippen molar-refractivity contribution < 1.29 is 26.7 Å². The minimum absolute atomic E-state index is 0.0352. The molecule has 0 spiro atoms. The van der Waals surface area contributed by atoms with Crippen LogP contribution in [0.5, 0.6) is 0 Å². The Labute approximate surface area is 150 Å². The van der Waals surface area contributed by atoms with E-state index in [-0.39, 0.29) is 22.4 Å². The van der Waals surface area contributed by atoms with E-state index in [1.165, 1.54) is 37.5 Å². The monoisotopic (exact) mass is 381 g/mol. The SMILES string of the molecule is Cn1cc(NC(=O)c2ccccc2-c2cc(F)c(F)c(F)c2)c(C(F)F)n1. The van der Waals surface area contributed by atoms with Gasteiger partial charge in [0, 0.05) is 18.8 Å².